The highest BCUT2D eigenvalue weighted by atomic mass is 19.1. The van der Waals surface area contributed by atoms with E-state index in [4.69, 9.17) is 14.2 Å². The molecule has 5 heterocycles. The summed E-state index contributed by atoms with van der Waals surface area (Å²) in [6, 6.07) is 11.1. The zero-order valence-corrected chi connectivity index (χ0v) is 23.6. The van der Waals surface area contributed by atoms with Crippen molar-refractivity contribution in [1.29, 1.82) is 0 Å². The predicted molar refractivity (Wildman–Crippen MR) is 154 cm³/mol. The van der Waals surface area contributed by atoms with Crippen LogP contribution in [-0.2, 0) is 6.54 Å². The number of nitrogens with zero attached hydrogens (tertiary/aromatic N) is 6. The molecule has 3 aliphatic heterocycles. The Hall–Kier alpha value is -2.79. The summed E-state index contributed by atoms with van der Waals surface area (Å²) in [5.74, 6) is 1.70. The van der Waals surface area contributed by atoms with Gasteiger partial charge in [0.2, 0.25) is 5.88 Å². The van der Waals surface area contributed by atoms with Crippen LogP contribution in [-0.4, -0.2) is 110 Å². The molecule has 10 heteroatoms. The third-order valence-electron chi connectivity index (χ3n) is 8.70. The number of hydrogen-bond donors (Lipinski definition) is 1. The number of piperidine rings is 1. The molecule has 1 N–H and O–H groups in total. The minimum atomic E-state index is -0.260. The molecule has 2 unspecified atom stereocenters. The highest BCUT2D eigenvalue weighted by Crippen LogP contribution is 2.31. The number of pyridine rings is 1. The average Bonchev–Trinajstić information content (AvgIpc) is 3.40. The largest absolute Gasteiger partial charge is 0.477 e. The Morgan fingerprint density at radius 1 is 1.05 bits per heavy atom. The fourth-order valence-electron chi connectivity index (χ4n) is 6.27. The van der Waals surface area contributed by atoms with Gasteiger partial charge in [0.1, 0.15) is 5.82 Å². The lowest BCUT2D eigenvalue weighted by molar-refractivity contribution is 0.0716. The Balaban J connectivity index is 0.919. The standard InChI is InChI=1S/C30H42FN7O2/c1-35-12-14-36(15-13-35)11-3-10-32-19-25-4-2-5-29(33-25)39-22-23-6-8-26-21-38(17-16-37(26)20-23)30-27-18-24(31)7-9-28(27)40-34-30/h2,4-5,7,9,18,23,26,32H,3,6,8,10-17,19-22H2,1H3. The molecule has 3 fully saturated rings. The number of piperazine rings is 2. The van der Waals surface area contributed by atoms with Crippen molar-refractivity contribution in [2.45, 2.75) is 31.8 Å². The lowest BCUT2D eigenvalue weighted by atomic mass is 9.91. The van der Waals surface area contributed by atoms with Crippen molar-refractivity contribution in [3.05, 3.63) is 47.9 Å². The Morgan fingerprint density at radius 2 is 1.95 bits per heavy atom. The van der Waals surface area contributed by atoms with Crippen molar-refractivity contribution in [3.63, 3.8) is 0 Å². The van der Waals surface area contributed by atoms with Crippen LogP contribution in [0.3, 0.4) is 0 Å². The fourth-order valence-corrected chi connectivity index (χ4v) is 6.27. The van der Waals surface area contributed by atoms with Crippen LogP contribution in [0.5, 0.6) is 5.88 Å². The first-order chi connectivity index (χ1) is 19.6. The smallest absolute Gasteiger partial charge is 0.213 e. The van der Waals surface area contributed by atoms with Crippen LogP contribution in [0.2, 0.25) is 0 Å². The van der Waals surface area contributed by atoms with E-state index in [2.05, 4.69) is 43.2 Å². The maximum atomic E-state index is 13.8. The van der Waals surface area contributed by atoms with E-state index in [1.165, 1.54) is 38.3 Å². The quantitative estimate of drug-likeness (QED) is 0.383. The maximum Gasteiger partial charge on any atom is 0.213 e. The molecule has 2 aromatic heterocycles. The molecule has 2 atom stereocenters. The molecule has 3 saturated heterocycles. The minimum Gasteiger partial charge on any atom is -0.477 e. The van der Waals surface area contributed by atoms with E-state index in [-0.39, 0.29) is 5.82 Å². The molecule has 0 spiro atoms. The van der Waals surface area contributed by atoms with Gasteiger partial charge < -0.3 is 29.3 Å². The van der Waals surface area contributed by atoms with Crippen LogP contribution in [0, 0.1) is 11.7 Å². The molecular weight excluding hydrogens is 509 g/mol. The second-order valence-electron chi connectivity index (χ2n) is 11.6. The minimum absolute atomic E-state index is 0.260. The van der Waals surface area contributed by atoms with E-state index >= 15 is 0 Å². The first-order valence-corrected chi connectivity index (χ1v) is 14.8. The molecule has 40 heavy (non-hydrogen) atoms. The summed E-state index contributed by atoms with van der Waals surface area (Å²) in [6.07, 6.45) is 3.39. The topological polar surface area (TPSA) is 73.1 Å². The van der Waals surface area contributed by atoms with Gasteiger partial charge in [0.25, 0.3) is 0 Å². The van der Waals surface area contributed by atoms with Gasteiger partial charge in [-0.15, -0.1) is 0 Å². The van der Waals surface area contributed by atoms with Crippen LogP contribution in [0.25, 0.3) is 11.0 Å². The average molecular weight is 552 g/mol. The summed E-state index contributed by atoms with van der Waals surface area (Å²) in [6.45, 7) is 12.0. The number of fused-ring (bicyclic) bond motifs is 2. The van der Waals surface area contributed by atoms with Gasteiger partial charge in [-0.05, 0) is 63.7 Å². The van der Waals surface area contributed by atoms with Crippen molar-refractivity contribution in [3.8, 4) is 5.88 Å². The number of ether oxygens (including phenoxy) is 1. The second-order valence-corrected chi connectivity index (χ2v) is 11.6. The lowest BCUT2D eigenvalue weighted by Crippen LogP contribution is -2.57. The normalized spacial score (nSPS) is 23.0. The molecular formula is C30H42FN7O2. The highest BCUT2D eigenvalue weighted by Gasteiger charge is 2.34. The van der Waals surface area contributed by atoms with Gasteiger partial charge >= 0.3 is 0 Å². The van der Waals surface area contributed by atoms with E-state index in [0.717, 1.165) is 82.0 Å². The Morgan fingerprint density at radius 3 is 2.85 bits per heavy atom. The molecule has 0 amide bonds. The zero-order valence-electron chi connectivity index (χ0n) is 23.6. The van der Waals surface area contributed by atoms with Crippen LogP contribution >= 0.6 is 0 Å². The van der Waals surface area contributed by atoms with Gasteiger partial charge in [-0.25, -0.2) is 9.37 Å². The molecule has 0 saturated carbocycles. The van der Waals surface area contributed by atoms with E-state index in [1.54, 1.807) is 6.07 Å². The number of nitrogens with one attached hydrogen (secondary N) is 1. The predicted octanol–water partition coefficient (Wildman–Crippen LogP) is 3.07. The Labute approximate surface area is 236 Å². The number of likely N-dealkylation sites (N-methyl/N-ethyl adjacent to an activating group) is 1. The van der Waals surface area contributed by atoms with E-state index < -0.39 is 0 Å². The number of benzene rings is 1. The van der Waals surface area contributed by atoms with Crippen LogP contribution in [0.4, 0.5) is 10.2 Å². The summed E-state index contributed by atoms with van der Waals surface area (Å²) >= 11 is 0. The molecule has 6 rings (SSSR count). The molecule has 0 radical (unpaired) electrons. The van der Waals surface area contributed by atoms with Crippen molar-refractivity contribution in [2.75, 3.05) is 84.0 Å². The van der Waals surface area contributed by atoms with Gasteiger partial charge in [0, 0.05) is 76.9 Å². The number of halogens is 1. The van der Waals surface area contributed by atoms with Crippen molar-refractivity contribution >= 4 is 16.8 Å². The molecule has 0 aliphatic carbocycles. The number of hydrogen-bond acceptors (Lipinski definition) is 9. The highest BCUT2D eigenvalue weighted by molar-refractivity contribution is 5.88. The molecule has 0 bridgehead atoms. The van der Waals surface area contributed by atoms with Crippen molar-refractivity contribution < 1.29 is 13.7 Å². The monoisotopic (exact) mass is 551 g/mol. The van der Waals surface area contributed by atoms with Crippen LogP contribution < -0.4 is 15.0 Å². The summed E-state index contributed by atoms with van der Waals surface area (Å²) in [5, 5.41) is 8.56. The maximum absolute atomic E-state index is 13.8. The lowest BCUT2D eigenvalue weighted by Gasteiger charge is -2.46. The van der Waals surface area contributed by atoms with Gasteiger partial charge in [-0.3, -0.25) is 4.90 Å². The summed E-state index contributed by atoms with van der Waals surface area (Å²) < 4.78 is 25.4. The van der Waals surface area contributed by atoms with E-state index in [1.807, 2.05) is 12.1 Å². The number of aromatic nitrogens is 2. The third-order valence-corrected chi connectivity index (χ3v) is 8.70. The van der Waals surface area contributed by atoms with Crippen molar-refractivity contribution in [2.24, 2.45) is 5.92 Å². The van der Waals surface area contributed by atoms with Crippen LogP contribution in [0.1, 0.15) is 25.0 Å². The van der Waals surface area contributed by atoms with Crippen LogP contribution in [0.15, 0.2) is 40.9 Å². The molecule has 9 nitrogen and oxygen atoms in total. The third kappa shape index (κ3) is 6.74. The summed E-state index contributed by atoms with van der Waals surface area (Å²) in [5.41, 5.74) is 1.66. The Kier molecular flexibility index (Phi) is 8.77. The van der Waals surface area contributed by atoms with Gasteiger partial charge in [-0.2, -0.15) is 0 Å². The molecule has 1 aromatic carbocycles. The van der Waals surface area contributed by atoms with Gasteiger partial charge in [0.05, 0.1) is 17.7 Å². The first-order valence-electron chi connectivity index (χ1n) is 14.8. The summed E-state index contributed by atoms with van der Waals surface area (Å²) in [7, 11) is 2.20. The Bertz CT molecular complexity index is 1250. The first kappa shape index (κ1) is 27.4. The van der Waals surface area contributed by atoms with E-state index in [9.17, 15) is 4.39 Å². The second kappa shape index (κ2) is 12.8. The number of anilines is 1. The van der Waals surface area contributed by atoms with Gasteiger partial charge in [0.15, 0.2) is 11.4 Å². The zero-order chi connectivity index (χ0) is 27.3. The van der Waals surface area contributed by atoms with Gasteiger partial charge in [-0.1, -0.05) is 11.2 Å². The number of rotatable bonds is 10. The fraction of sp³-hybridized carbons (Fsp3) is 0.600. The molecule has 3 aliphatic rings. The molecule has 216 valence electrons. The van der Waals surface area contributed by atoms with E-state index in [0.29, 0.717) is 30.0 Å². The van der Waals surface area contributed by atoms with Crippen molar-refractivity contribution in [1.82, 2.24) is 30.2 Å². The SMILES string of the molecule is CN1CCN(CCCNCc2cccc(OCC3CCC4CN(c5noc6ccc(F)cc56)CCN4C3)n2)CC1. The summed E-state index contributed by atoms with van der Waals surface area (Å²) in [4.78, 5) is 14.5. The molecule has 3 aromatic rings.